The quantitative estimate of drug-likeness (QED) is 0.515. The molecule has 3 atom stereocenters. The van der Waals surface area contributed by atoms with Gasteiger partial charge < -0.3 is 10.2 Å². The van der Waals surface area contributed by atoms with Gasteiger partial charge in [-0.15, -0.1) is 0 Å². The summed E-state index contributed by atoms with van der Waals surface area (Å²) in [6, 6.07) is 14.2. The molecular formula is C29H36FN3O2. The molecule has 4 rings (SSSR count). The third kappa shape index (κ3) is 5.53. The lowest BCUT2D eigenvalue weighted by molar-refractivity contribution is -0.133. The van der Waals surface area contributed by atoms with Crippen LogP contribution < -0.4 is 5.32 Å². The Labute approximate surface area is 207 Å². The molecule has 1 spiro atoms. The summed E-state index contributed by atoms with van der Waals surface area (Å²) in [4.78, 5) is 32.1. The minimum Gasteiger partial charge on any atom is -0.312 e. The first-order chi connectivity index (χ1) is 16.7. The molecule has 1 N–H and O–H groups in total. The first kappa shape index (κ1) is 25.2. The molecule has 2 aromatic rings. The van der Waals surface area contributed by atoms with Crippen molar-refractivity contribution in [3.05, 3.63) is 71.0 Å². The van der Waals surface area contributed by atoms with E-state index in [0.29, 0.717) is 42.6 Å². The van der Waals surface area contributed by atoms with Crippen LogP contribution in [0.2, 0.25) is 0 Å². The molecule has 1 heterocycles. The first-order valence-electron chi connectivity index (χ1n) is 12.7. The van der Waals surface area contributed by atoms with E-state index in [1.54, 1.807) is 19.1 Å². The van der Waals surface area contributed by atoms with E-state index >= 15 is 0 Å². The summed E-state index contributed by atoms with van der Waals surface area (Å²) in [5, 5.41) is 3.30. The molecule has 186 valence electrons. The van der Waals surface area contributed by atoms with Crippen LogP contribution in [0.25, 0.3) is 0 Å². The van der Waals surface area contributed by atoms with Crippen molar-refractivity contribution in [1.29, 1.82) is 0 Å². The van der Waals surface area contributed by atoms with Gasteiger partial charge in [-0.3, -0.25) is 14.6 Å². The van der Waals surface area contributed by atoms with Gasteiger partial charge in [0.1, 0.15) is 23.0 Å². The van der Waals surface area contributed by atoms with Gasteiger partial charge in [0.25, 0.3) is 5.91 Å². The smallest absolute Gasteiger partial charge is 0.275 e. The van der Waals surface area contributed by atoms with Crippen LogP contribution in [0, 0.1) is 17.7 Å². The Morgan fingerprint density at radius 1 is 1.11 bits per heavy atom. The molecule has 1 amide bonds. The van der Waals surface area contributed by atoms with E-state index in [1.807, 2.05) is 4.90 Å². The zero-order chi connectivity index (χ0) is 25.2. The van der Waals surface area contributed by atoms with E-state index in [9.17, 15) is 14.0 Å². The molecule has 0 bridgehead atoms. The minimum absolute atomic E-state index is 0.0830. The fourth-order valence-corrected chi connectivity index (χ4v) is 5.85. The van der Waals surface area contributed by atoms with Crippen molar-refractivity contribution in [3.63, 3.8) is 0 Å². The monoisotopic (exact) mass is 477 g/mol. The van der Waals surface area contributed by atoms with Gasteiger partial charge in [-0.05, 0) is 80.3 Å². The third-order valence-corrected chi connectivity index (χ3v) is 7.30. The second-order valence-electron chi connectivity index (χ2n) is 10.5. The van der Waals surface area contributed by atoms with Crippen LogP contribution in [-0.4, -0.2) is 34.5 Å². The summed E-state index contributed by atoms with van der Waals surface area (Å²) >= 11 is 0. The van der Waals surface area contributed by atoms with Crippen molar-refractivity contribution in [2.75, 3.05) is 6.54 Å². The molecule has 5 nitrogen and oxygen atoms in total. The van der Waals surface area contributed by atoms with E-state index < -0.39 is 5.66 Å². The lowest BCUT2D eigenvalue weighted by Crippen LogP contribution is -2.51. The van der Waals surface area contributed by atoms with Crippen molar-refractivity contribution >= 4 is 17.4 Å². The van der Waals surface area contributed by atoms with Crippen molar-refractivity contribution < 1.29 is 14.0 Å². The average molecular weight is 478 g/mol. The SMILES string of the molecule is CC(=O)CCNCc1ccc(C(C)N2C(=O)C(c3ccc(F)cc3)=NC23CC(C)CC(C)C3)cc1. The van der Waals surface area contributed by atoms with Crippen molar-refractivity contribution in [2.45, 2.75) is 71.6 Å². The number of hydrogen-bond acceptors (Lipinski definition) is 4. The molecule has 1 saturated carbocycles. The van der Waals surface area contributed by atoms with Crippen LogP contribution in [0.4, 0.5) is 4.39 Å². The van der Waals surface area contributed by atoms with Gasteiger partial charge in [-0.2, -0.15) is 0 Å². The van der Waals surface area contributed by atoms with Gasteiger partial charge in [0.2, 0.25) is 0 Å². The van der Waals surface area contributed by atoms with E-state index in [2.05, 4.69) is 50.4 Å². The molecule has 35 heavy (non-hydrogen) atoms. The van der Waals surface area contributed by atoms with E-state index in [1.165, 1.54) is 12.1 Å². The summed E-state index contributed by atoms with van der Waals surface area (Å²) in [5.74, 6) is 0.692. The minimum atomic E-state index is -0.579. The topological polar surface area (TPSA) is 61.8 Å². The summed E-state index contributed by atoms with van der Waals surface area (Å²) in [7, 11) is 0. The predicted molar refractivity (Wildman–Crippen MR) is 137 cm³/mol. The lowest BCUT2D eigenvalue weighted by atomic mass is 9.75. The van der Waals surface area contributed by atoms with Crippen LogP contribution in [0.1, 0.15) is 76.1 Å². The number of amides is 1. The lowest BCUT2D eigenvalue weighted by Gasteiger charge is -2.46. The Hall–Kier alpha value is -2.86. The predicted octanol–water partition coefficient (Wildman–Crippen LogP) is 5.44. The molecular weight excluding hydrogens is 441 g/mol. The maximum atomic E-state index is 13.9. The largest absolute Gasteiger partial charge is 0.312 e. The molecule has 2 aliphatic rings. The van der Waals surface area contributed by atoms with Gasteiger partial charge in [0.05, 0.1) is 6.04 Å². The van der Waals surface area contributed by atoms with E-state index in [-0.39, 0.29) is 23.5 Å². The maximum absolute atomic E-state index is 13.9. The molecule has 2 aromatic carbocycles. The van der Waals surface area contributed by atoms with Crippen LogP contribution in [-0.2, 0) is 16.1 Å². The molecule has 0 aromatic heterocycles. The van der Waals surface area contributed by atoms with Crippen LogP contribution in [0.3, 0.4) is 0 Å². The molecule has 1 fully saturated rings. The number of hydrogen-bond donors (Lipinski definition) is 1. The van der Waals surface area contributed by atoms with Crippen molar-refractivity contribution in [1.82, 2.24) is 10.2 Å². The normalized spacial score (nSPS) is 25.1. The van der Waals surface area contributed by atoms with Crippen LogP contribution >= 0.6 is 0 Å². The third-order valence-electron chi connectivity index (χ3n) is 7.30. The molecule has 1 aliphatic carbocycles. The molecule has 0 saturated heterocycles. The van der Waals surface area contributed by atoms with Gasteiger partial charge in [-0.25, -0.2) is 4.39 Å². The molecule has 6 heteroatoms. The highest BCUT2D eigenvalue weighted by atomic mass is 19.1. The van der Waals surface area contributed by atoms with Gasteiger partial charge in [0, 0.05) is 25.1 Å². The van der Waals surface area contributed by atoms with Crippen LogP contribution in [0.15, 0.2) is 53.5 Å². The fraction of sp³-hybridized carbons (Fsp3) is 0.483. The number of Topliss-reactive ketones (excluding diaryl/α,β-unsaturated/α-hetero) is 1. The van der Waals surface area contributed by atoms with Crippen molar-refractivity contribution in [3.8, 4) is 0 Å². The Morgan fingerprint density at radius 2 is 1.74 bits per heavy atom. The zero-order valence-corrected chi connectivity index (χ0v) is 21.2. The highest BCUT2D eigenvalue weighted by molar-refractivity contribution is 6.46. The summed E-state index contributed by atoms with van der Waals surface area (Å²) in [5.41, 5.74) is 2.72. The molecule has 0 radical (unpaired) electrons. The van der Waals surface area contributed by atoms with Gasteiger partial charge >= 0.3 is 0 Å². The van der Waals surface area contributed by atoms with Crippen LogP contribution in [0.5, 0.6) is 0 Å². The molecule has 1 aliphatic heterocycles. The Bertz CT molecular complexity index is 1080. The Balaban J connectivity index is 1.59. The number of ketones is 1. The second kappa shape index (κ2) is 10.4. The van der Waals surface area contributed by atoms with Gasteiger partial charge in [-0.1, -0.05) is 38.1 Å². The number of rotatable bonds is 8. The number of carbonyl (C=O) groups excluding carboxylic acids is 2. The Kier molecular flexibility index (Phi) is 7.50. The highest BCUT2D eigenvalue weighted by Crippen LogP contribution is 2.47. The van der Waals surface area contributed by atoms with Gasteiger partial charge in [0.15, 0.2) is 0 Å². The summed E-state index contributed by atoms with van der Waals surface area (Å²) in [6.45, 7) is 9.52. The number of halogens is 1. The number of aliphatic imine (C=N–C) groups is 1. The first-order valence-corrected chi connectivity index (χ1v) is 12.7. The molecule has 3 unspecified atom stereocenters. The summed E-state index contributed by atoms with van der Waals surface area (Å²) < 4.78 is 13.6. The van der Waals surface area contributed by atoms with Crippen molar-refractivity contribution in [2.24, 2.45) is 16.8 Å². The second-order valence-corrected chi connectivity index (χ2v) is 10.5. The average Bonchev–Trinajstić information content (AvgIpc) is 3.07. The standard InChI is InChI=1S/C29H36FN3O2/c1-19-15-20(2)17-29(16-19)32-27(25-9-11-26(30)12-10-25)28(35)33(29)22(4)24-7-5-23(6-8-24)18-31-14-13-21(3)34/h5-12,19-20,22,31H,13-18H2,1-4H3. The number of benzene rings is 2. The van der Waals surface area contributed by atoms with E-state index in [4.69, 9.17) is 4.99 Å². The maximum Gasteiger partial charge on any atom is 0.275 e. The number of nitrogens with zero attached hydrogens (tertiary/aromatic N) is 2. The zero-order valence-electron chi connectivity index (χ0n) is 21.2. The highest BCUT2D eigenvalue weighted by Gasteiger charge is 2.52. The Morgan fingerprint density at radius 3 is 2.34 bits per heavy atom. The summed E-state index contributed by atoms with van der Waals surface area (Å²) in [6.07, 6.45) is 3.32. The number of nitrogens with one attached hydrogen (secondary N) is 1. The number of carbonyl (C=O) groups is 2. The fourth-order valence-electron chi connectivity index (χ4n) is 5.85. The van der Waals surface area contributed by atoms with E-state index in [0.717, 1.165) is 30.4 Å².